The number of fused-ring (bicyclic) bond motifs is 4. The van der Waals surface area contributed by atoms with Gasteiger partial charge in [0.15, 0.2) is 5.82 Å². The fourth-order valence-electron chi connectivity index (χ4n) is 7.80. The van der Waals surface area contributed by atoms with E-state index < -0.39 is 5.82 Å². The molecule has 2 bridgehead atoms. The van der Waals surface area contributed by atoms with Crippen molar-refractivity contribution in [3.8, 4) is 17.3 Å². The first-order chi connectivity index (χ1) is 18.9. The van der Waals surface area contributed by atoms with E-state index in [-0.39, 0.29) is 17.5 Å². The zero-order chi connectivity index (χ0) is 26.7. The fourth-order valence-corrected chi connectivity index (χ4v) is 7.80. The van der Waals surface area contributed by atoms with Crippen LogP contribution in [0.4, 0.5) is 10.2 Å². The Bertz CT molecular complexity index is 1390. The molecule has 4 aliphatic rings. The van der Waals surface area contributed by atoms with Crippen LogP contribution in [-0.4, -0.2) is 70.3 Å². The van der Waals surface area contributed by atoms with E-state index in [0.717, 1.165) is 74.4 Å². The van der Waals surface area contributed by atoms with Gasteiger partial charge in [-0.25, -0.2) is 4.39 Å². The lowest BCUT2D eigenvalue weighted by Crippen LogP contribution is -2.51. The number of nitrogens with zero attached hydrogens (tertiary/aromatic N) is 5. The first-order valence-corrected chi connectivity index (χ1v) is 14.8. The van der Waals surface area contributed by atoms with Gasteiger partial charge in [-0.1, -0.05) is 32.0 Å². The number of halogens is 1. The number of anilines is 1. The summed E-state index contributed by atoms with van der Waals surface area (Å²) in [6.45, 7) is 10.9. The van der Waals surface area contributed by atoms with Crippen LogP contribution in [-0.2, 0) is 0 Å². The molecule has 2 aromatic heterocycles. The molecule has 0 radical (unpaired) electrons. The maximum Gasteiger partial charge on any atom is 0.319 e. The second-order valence-electron chi connectivity index (χ2n) is 12.5. The number of nitrogens with one attached hydrogen (secondary N) is 1. The van der Waals surface area contributed by atoms with Crippen LogP contribution < -0.4 is 15.0 Å². The van der Waals surface area contributed by atoms with Crippen LogP contribution in [0, 0.1) is 12.7 Å². The van der Waals surface area contributed by atoms with E-state index in [4.69, 9.17) is 19.7 Å². The van der Waals surface area contributed by atoms with E-state index in [2.05, 4.69) is 42.0 Å². The van der Waals surface area contributed by atoms with E-state index in [1.165, 1.54) is 12.8 Å². The van der Waals surface area contributed by atoms with Gasteiger partial charge in [0.05, 0.1) is 10.9 Å². The van der Waals surface area contributed by atoms with Gasteiger partial charge in [0.25, 0.3) is 0 Å². The van der Waals surface area contributed by atoms with Gasteiger partial charge in [-0.05, 0) is 75.6 Å². The maximum atomic E-state index is 16.5. The molecule has 0 aliphatic carbocycles. The predicted octanol–water partition coefficient (Wildman–Crippen LogP) is 5.21. The van der Waals surface area contributed by atoms with Gasteiger partial charge < -0.3 is 15.0 Å². The molecule has 3 aromatic rings. The number of hydrogen-bond donors (Lipinski definition) is 1. The largest absolute Gasteiger partial charge is 0.461 e. The van der Waals surface area contributed by atoms with Crippen LogP contribution in [0.1, 0.15) is 69.4 Å². The summed E-state index contributed by atoms with van der Waals surface area (Å²) in [6.07, 6.45) is 8.79. The smallest absolute Gasteiger partial charge is 0.319 e. The molecule has 8 heteroatoms. The van der Waals surface area contributed by atoms with Gasteiger partial charge in [0.1, 0.15) is 23.6 Å². The highest BCUT2D eigenvalue weighted by Gasteiger charge is 2.45. The van der Waals surface area contributed by atoms with Crippen molar-refractivity contribution in [3.05, 3.63) is 41.3 Å². The Hall–Kier alpha value is -2.84. The van der Waals surface area contributed by atoms with Crippen molar-refractivity contribution in [3.63, 3.8) is 0 Å². The van der Waals surface area contributed by atoms with Crippen LogP contribution in [0.2, 0.25) is 0 Å². The molecule has 39 heavy (non-hydrogen) atoms. The van der Waals surface area contributed by atoms with Crippen molar-refractivity contribution >= 4 is 16.7 Å². The van der Waals surface area contributed by atoms with Crippen LogP contribution >= 0.6 is 0 Å². The highest BCUT2D eigenvalue weighted by molar-refractivity contribution is 5.92. The summed E-state index contributed by atoms with van der Waals surface area (Å²) in [5.74, 6) is 0.592. The Morgan fingerprint density at radius 2 is 1.85 bits per heavy atom. The quantitative estimate of drug-likeness (QED) is 0.469. The van der Waals surface area contributed by atoms with E-state index in [1.54, 1.807) is 6.20 Å². The second kappa shape index (κ2) is 9.66. The summed E-state index contributed by atoms with van der Waals surface area (Å²) in [5.41, 5.74) is 3.82. The zero-order valence-electron chi connectivity index (χ0n) is 23.3. The van der Waals surface area contributed by atoms with Crippen LogP contribution in [0.15, 0.2) is 24.4 Å². The molecule has 0 amide bonds. The Balaban J connectivity index is 1.33. The van der Waals surface area contributed by atoms with Crippen LogP contribution in [0.5, 0.6) is 6.01 Å². The molecule has 4 aliphatic heterocycles. The minimum absolute atomic E-state index is 0.0717. The molecular weight excluding hydrogens is 491 g/mol. The molecule has 206 valence electrons. The minimum atomic E-state index is -0.395. The number of piperazine rings is 1. The van der Waals surface area contributed by atoms with E-state index in [0.29, 0.717) is 35.3 Å². The average Bonchev–Trinajstić information content (AvgIpc) is 3.60. The normalized spacial score (nSPS) is 24.2. The first-order valence-electron chi connectivity index (χ1n) is 14.8. The molecule has 2 unspecified atom stereocenters. The predicted molar refractivity (Wildman–Crippen MR) is 152 cm³/mol. The van der Waals surface area contributed by atoms with Crippen molar-refractivity contribution < 1.29 is 9.13 Å². The minimum Gasteiger partial charge on any atom is -0.461 e. The van der Waals surface area contributed by atoms with Crippen LogP contribution in [0.25, 0.3) is 22.2 Å². The van der Waals surface area contributed by atoms with Gasteiger partial charge in [-0.15, -0.1) is 0 Å². The molecule has 4 saturated heterocycles. The van der Waals surface area contributed by atoms with Crippen molar-refractivity contribution in [2.45, 2.75) is 82.8 Å². The van der Waals surface area contributed by atoms with Crippen molar-refractivity contribution in [1.82, 2.24) is 25.2 Å². The van der Waals surface area contributed by atoms with Crippen molar-refractivity contribution in [2.75, 3.05) is 37.7 Å². The van der Waals surface area contributed by atoms with Gasteiger partial charge >= 0.3 is 6.01 Å². The molecule has 1 N–H and O–H groups in total. The number of benzene rings is 1. The Morgan fingerprint density at radius 1 is 1.10 bits per heavy atom. The lowest BCUT2D eigenvalue weighted by Gasteiger charge is -2.34. The van der Waals surface area contributed by atoms with E-state index in [1.807, 2.05) is 12.1 Å². The third-order valence-corrected chi connectivity index (χ3v) is 9.60. The molecule has 7 nitrogen and oxygen atoms in total. The average molecular weight is 531 g/mol. The third kappa shape index (κ3) is 4.27. The van der Waals surface area contributed by atoms with Gasteiger partial charge in [-0.2, -0.15) is 9.97 Å². The Morgan fingerprint density at radius 3 is 2.56 bits per heavy atom. The van der Waals surface area contributed by atoms with Crippen molar-refractivity contribution in [1.29, 1.82) is 0 Å². The summed E-state index contributed by atoms with van der Waals surface area (Å²) >= 11 is 0. The van der Waals surface area contributed by atoms with Crippen molar-refractivity contribution in [2.24, 2.45) is 0 Å². The molecule has 0 spiro atoms. The zero-order valence-corrected chi connectivity index (χ0v) is 23.3. The second-order valence-corrected chi connectivity index (χ2v) is 12.5. The number of ether oxygens (including phenoxy) is 1. The van der Waals surface area contributed by atoms with Gasteiger partial charge in [0.2, 0.25) is 0 Å². The lowest BCUT2D eigenvalue weighted by molar-refractivity contribution is 0.108. The summed E-state index contributed by atoms with van der Waals surface area (Å²) in [6, 6.07) is 7.17. The number of aryl methyl sites for hydroxylation is 1. The Kier molecular flexibility index (Phi) is 6.23. The molecule has 6 heterocycles. The molecule has 1 aromatic carbocycles. The maximum absolute atomic E-state index is 16.5. The summed E-state index contributed by atoms with van der Waals surface area (Å²) in [4.78, 5) is 19.2. The van der Waals surface area contributed by atoms with Gasteiger partial charge in [-0.3, -0.25) is 9.88 Å². The molecule has 7 rings (SSSR count). The number of pyridine rings is 1. The molecule has 0 saturated carbocycles. The van der Waals surface area contributed by atoms with Crippen LogP contribution in [0.3, 0.4) is 0 Å². The molecule has 2 atom stereocenters. The SMILES string of the molecule is Cc1cccc(-c2ncc3c(N4CC5CCC(C4)N5)nc(OCC45CCCN4CCC5)nc3c2F)c1C(C)C. The fraction of sp³-hybridized carbons (Fsp3) is 0.581. The highest BCUT2D eigenvalue weighted by Crippen LogP contribution is 2.40. The summed E-state index contributed by atoms with van der Waals surface area (Å²) in [5, 5.41) is 4.35. The lowest BCUT2D eigenvalue weighted by atomic mass is 9.90. The standard InChI is InChI=1S/C31H39FN6O/c1-19(2)25-20(3)7-4-8-23(25)27-26(32)28-24(15-33-27)29(37-16-21-9-10-22(17-37)34-21)36-30(35-28)39-18-31-11-5-13-38(31)14-6-12-31/h4,7-8,15,19,21-22,34H,5-6,9-14,16-18H2,1-3H3. The number of aromatic nitrogens is 3. The summed E-state index contributed by atoms with van der Waals surface area (Å²) in [7, 11) is 0. The third-order valence-electron chi connectivity index (χ3n) is 9.60. The van der Waals surface area contributed by atoms with E-state index in [9.17, 15) is 0 Å². The summed E-state index contributed by atoms with van der Waals surface area (Å²) < 4.78 is 22.9. The van der Waals surface area contributed by atoms with Gasteiger partial charge in [0, 0.05) is 36.9 Å². The molecule has 4 fully saturated rings. The highest BCUT2D eigenvalue weighted by atomic mass is 19.1. The monoisotopic (exact) mass is 530 g/mol. The molecular formula is C31H39FN6O. The first kappa shape index (κ1) is 25.1. The van der Waals surface area contributed by atoms with E-state index >= 15 is 4.39 Å². The number of rotatable bonds is 6. The topological polar surface area (TPSA) is 66.4 Å². The number of hydrogen-bond acceptors (Lipinski definition) is 7. The Labute approximate surface area is 230 Å².